The van der Waals surface area contributed by atoms with Crippen LogP contribution in [0.15, 0.2) is 16.6 Å². The van der Waals surface area contributed by atoms with E-state index in [1.165, 1.54) is 14.2 Å². The van der Waals surface area contributed by atoms with Crippen LogP contribution in [0.4, 0.5) is 0 Å². The van der Waals surface area contributed by atoms with Crippen LogP contribution in [0.25, 0.3) is 0 Å². The smallest absolute Gasteiger partial charge is 0.338 e. The van der Waals surface area contributed by atoms with Crippen molar-refractivity contribution in [1.29, 1.82) is 5.26 Å². The van der Waals surface area contributed by atoms with Gasteiger partial charge in [0.15, 0.2) is 0 Å². The van der Waals surface area contributed by atoms with Gasteiger partial charge in [0, 0.05) is 0 Å². The summed E-state index contributed by atoms with van der Waals surface area (Å²) in [5.74, 6) is 0.117. The molecule has 5 heteroatoms. The van der Waals surface area contributed by atoms with Crippen molar-refractivity contribution in [2.45, 2.75) is 6.42 Å². The average Bonchev–Trinajstić information content (AvgIpc) is 2.30. The highest BCUT2D eigenvalue weighted by Crippen LogP contribution is 2.29. The molecule has 0 heterocycles. The normalized spacial score (nSPS) is 9.38. The highest BCUT2D eigenvalue weighted by Gasteiger charge is 2.15. The molecule has 1 aromatic rings. The van der Waals surface area contributed by atoms with E-state index >= 15 is 0 Å². The fourth-order valence-corrected chi connectivity index (χ4v) is 1.79. The summed E-state index contributed by atoms with van der Waals surface area (Å²) in [6.45, 7) is 0. The van der Waals surface area contributed by atoms with E-state index in [0.717, 1.165) is 0 Å². The van der Waals surface area contributed by atoms with E-state index in [9.17, 15) is 4.79 Å². The maximum Gasteiger partial charge on any atom is 0.338 e. The summed E-state index contributed by atoms with van der Waals surface area (Å²) in [6.07, 6.45) is 0.133. The zero-order chi connectivity index (χ0) is 12.1. The number of nitriles is 1. The van der Waals surface area contributed by atoms with Crippen molar-refractivity contribution in [3.8, 4) is 11.8 Å². The lowest BCUT2D eigenvalue weighted by molar-refractivity contribution is 0.0599. The molecule has 0 bridgehead atoms. The first-order valence-electron chi connectivity index (χ1n) is 4.45. The number of hydrogen-bond acceptors (Lipinski definition) is 4. The molecule has 1 aromatic carbocycles. The minimum Gasteiger partial charge on any atom is -0.496 e. The van der Waals surface area contributed by atoms with Gasteiger partial charge in [-0.3, -0.25) is 0 Å². The second kappa shape index (κ2) is 5.52. The van der Waals surface area contributed by atoms with Crippen LogP contribution in [-0.4, -0.2) is 20.2 Å². The van der Waals surface area contributed by atoms with Crippen LogP contribution in [0, 0.1) is 11.3 Å². The van der Waals surface area contributed by atoms with Gasteiger partial charge in [0.2, 0.25) is 0 Å². The van der Waals surface area contributed by atoms with Gasteiger partial charge in [-0.15, -0.1) is 0 Å². The molecule has 0 radical (unpaired) electrons. The fourth-order valence-electron chi connectivity index (χ4n) is 1.28. The molecular weight excluding hydrogens is 274 g/mol. The number of methoxy groups -OCH3 is 2. The molecule has 4 nitrogen and oxygen atoms in total. The zero-order valence-corrected chi connectivity index (χ0v) is 10.5. The number of rotatable bonds is 3. The number of carbonyl (C=O) groups excluding carboxylic acids is 1. The molecule has 16 heavy (non-hydrogen) atoms. The molecule has 0 saturated heterocycles. The van der Waals surface area contributed by atoms with Crippen LogP contribution >= 0.6 is 15.9 Å². The number of benzene rings is 1. The molecule has 0 spiro atoms. The van der Waals surface area contributed by atoms with E-state index in [4.69, 9.17) is 10.00 Å². The molecule has 0 aromatic heterocycles. The first kappa shape index (κ1) is 12.5. The molecule has 0 atom stereocenters. The van der Waals surface area contributed by atoms with E-state index in [2.05, 4.69) is 20.7 Å². The largest absolute Gasteiger partial charge is 0.496 e. The Labute approximate surface area is 102 Å². The minimum atomic E-state index is -0.464. The molecule has 0 saturated carbocycles. The number of hydrogen-bond donors (Lipinski definition) is 0. The third-order valence-corrected chi connectivity index (χ3v) is 2.67. The van der Waals surface area contributed by atoms with Gasteiger partial charge in [-0.1, -0.05) is 0 Å². The third-order valence-electron chi connectivity index (χ3n) is 2.05. The summed E-state index contributed by atoms with van der Waals surface area (Å²) in [5, 5.41) is 8.68. The van der Waals surface area contributed by atoms with E-state index in [0.29, 0.717) is 21.3 Å². The van der Waals surface area contributed by atoms with Crippen LogP contribution < -0.4 is 4.74 Å². The van der Waals surface area contributed by atoms with Gasteiger partial charge in [-0.05, 0) is 33.6 Å². The molecule has 0 aliphatic heterocycles. The van der Waals surface area contributed by atoms with Crippen molar-refractivity contribution in [2.24, 2.45) is 0 Å². The molecule has 0 N–H and O–H groups in total. The van der Waals surface area contributed by atoms with Gasteiger partial charge < -0.3 is 9.47 Å². The monoisotopic (exact) mass is 283 g/mol. The Morgan fingerprint density at radius 1 is 1.50 bits per heavy atom. The number of halogens is 1. The predicted molar refractivity (Wildman–Crippen MR) is 61.4 cm³/mol. The average molecular weight is 284 g/mol. The van der Waals surface area contributed by atoms with Crippen molar-refractivity contribution < 1.29 is 14.3 Å². The lowest BCUT2D eigenvalue weighted by Crippen LogP contribution is -2.06. The summed E-state index contributed by atoms with van der Waals surface area (Å²) >= 11 is 3.27. The second-order valence-electron chi connectivity index (χ2n) is 2.97. The van der Waals surface area contributed by atoms with Crippen molar-refractivity contribution in [2.75, 3.05) is 14.2 Å². The van der Waals surface area contributed by atoms with Crippen LogP contribution in [-0.2, 0) is 11.2 Å². The Morgan fingerprint density at radius 2 is 2.19 bits per heavy atom. The van der Waals surface area contributed by atoms with Crippen LogP contribution in [0.2, 0.25) is 0 Å². The topological polar surface area (TPSA) is 59.3 Å². The lowest BCUT2D eigenvalue weighted by atomic mass is 10.0. The lowest BCUT2D eigenvalue weighted by Gasteiger charge is -2.09. The highest BCUT2D eigenvalue weighted by molar-refractivity contribution is 9.10. The summed E-state index contributed by atoms with van der Waals surface area (Å²) in [7, 11) is 2.82. The summed E-state index contributed by atoms with van der Waals surface area (Å²) in [5.41, 5.74) is 0.964. The van der Waals surface area contributed by atoms with Crippen LogP contribution in [0.1, 0.15) is 15.9 Å². The number of esters is 1. The van der Waals surface area contributed by atoms with Crippen LogP contribution in [0.3, 0.4) is 0 Å². The fraction of sp³-hybridized carbons (Fsp3) is 0.273. The molecule has 1 rings (SSSR count). The first-order valence-corrected chi connectivity index (χ1v) is 5.25. The standard InChI is InChI=1S/C11H10BrNO3/c1-15-10-5-7(3-4-13)8(6-9(10)12)11(14)16-2/h5-6H,3H2,1-2H3. The molecule has 0 unspecified atom stereocenters. The number of nitrogens with zero attached hydrogens (tertiary/aromatic N) is 1. The van der Waals surface area contributed by atoms with Crippen molar-refractivity contribution in [1.82, 2.24) is 0 Å². The van der Waals surface area contributed by atoms with Gasteiger partial charge >= 0.3 is 5.97 Å². The Hall–Kier alpha value is -1.54. The van der Waals surface area contributed by atoms with Gasteiger partial charge in [-0.2, -0.15) is 5.26 Å². The SMILES string of the molecule is COC(=O)c1cc(Br)c(OC)cc1CC#N. The summed E-state index contributed by atoms with van der Waals surface area (Å²) in [6, 6.07) is 5.24. The number of ether oxygens (including phenoxy) is 2. The van der Waals surface area contributed by atoms with Gasteiger partial charge in [-0.25, -0.2) is 4.79 Å². The second-order valence-corrected chi connectivity index (χ2v) is 3.82. The maximum atomic E-state index is 11.5. The maximum absolute atomic E-state index is 11.5. The molecule has 84 valence electrons. The predicted octanol–water partition coefficient (Wildman–Crippen LogP) is 2.31. The Kier molecular flexibility index (Phi) is 4.32. The Bertz CT molecular complexity index is 451. The highest BCUT2D eigenvalue weighted by atomic mass is 79.9. The van der Waals surface area contributed by atoms with Crippen molar-refractivity contribution in [3.63, 3.8) is 0 Å². The van der Waals surface area contributed by atoms with E-state index in [1.54, 1.807) is 12.1 Å². The molecule has 0 amide bonds. The first-order chi connectivity index (χ1) is 7.63. The molecular formula is C11H10BrNO3. The minimum absolute atomic E-state index is 0.133. The molecule has 0 fully saturated rings. The summed E-state index contributed by atoms with van der Waals surface area (Å²) < 4.78 is 10.4. The molecule has 0 aliphatic rings. The Morgan fingerprint density at radius 3 is 2.69 bits per heavy atom. The van der Waals surface area contributed by atoms with Gasteiger partial charge in [0.25, 0.3) is 0 Å². The van der Waals surface area contributed by atoms with E-state index in [-0.39, 0.29) is 6.42 Å². The van der Waals surface area contributed by atoms with E-state index < -0.39 is 5.97 Å². The Balaban J connectivity index is 3.31. The van der Waals surface area contributed by atoms with Crippen molar-refractivity contribution >= 4 is 21.9 Å². The quantitative estimate of drug-likeness (QED) is 0.799. The third kappa shape index (κ3) is 2.52. The van der Waals surface area contributed by atoms with Crippen molar-refractivity contribution in [3.05, 3.63) is 27.7 Å². The van der Waals surface area contributed by atoms with Crippen LogP contribution in [0.5, 0.6) is 5.75 Å². The van der Waals surface area contributed by atoms with E-state index in [1.807, 2.05) is 6.07 Å². The molecule has 0 aliphatic carbocycles. The van der Waals surface area contributed by atoms with Gasteiger partial charge in [0.1, 0.15) is 5.75 Å². The summed E-state index contributed by atoms with van der Waals surface area (Å²) in [4.78, 5) is 11.5. The van der Waals surface area contributed by atoms with Gasteiger partial charge in [0.05, 0.1) is 36.7 Å². The number of carbonyl (C=O) groups is 1. The zero-order valence-electron chi connectivity index (χ0n) is 8.91.